The predicted octanol–water partition coefficient (Wildman–Crippen LogP) is 3.77. The third-order valence-electron chi connectivity index (χ3n) is 3.21. The maximum atomic E-state index is 4.28. The molecule has 0 saturated heterocycles. The SMILES string of the molecule is CN=C(NCc1cnc(C)s1)NCC(C)(C)c1cccs1.I. The van der Waals surface area contributed by atoms with Crippen LogP contribution in [0.2, 0.25) is 0 Å². The van der Waals surface area contributed by atoms with Gasteiger partial charge < -0.3 is 10.6 Å². The van der Waals surface area contributed by atoms with Gasteiger partial charge in [0.2, 0.25) is 0 Å². The molecule has 0 aliphatic heterocycles. The standard InChI is InChI=1S/C15H22N4S2.HI/c1-11-17-8-12(21-11)9-18-14(16-4)19-10-15(2,3)13-6-5-7-20-13;/h5-8H,9-10H2,1-4H3,(H2,16,18,19);1H. The number of rotatable bonds is 5. The molecule has 22 heavy (non-hydrogen) atoms. The number of hydrogen-bond acceptors (Lipinski definition) is 4. The van der Waals surface area contributed by atoms with E-state index in [1.54, 1.807) is 29.7 Å². The molecule has 0 amide bonds. The van der Waals surface area contributed by atoms with Crippen molar-refractivity contribution in [1.82, 2.24) is 15.6 Å². The van der Waals surface area contributed by atoms with Crippen LogP contribution in [0.3, 0.4) is 0 Å². The summed E-state index contributed by atoms with van der Waals surface area (Å²) in [5.74, 6) is 0.825. The summed E-state index contributed by atoms with van der Waals surface area (Å²) in [4.78, 5) is 11.1. The number of aliphatic imine (C=N–C) groups is 1. The van der Waals surface area contributed by atoms with E-state index in [4.69, 9.17) is 0 Å². The summed E-state index contributed by atoms with van der Waals surface area (Å²) in [7, 11) is 1.80. The number of thiazole rings is 1. The number of aryl methyl sites for hydroxylation is 1. The Balaban J connectivity index is 0.00000242. The number of guanidine groups is 1. The first kappa shape index (κ1) is 19.4. The Labute approximate surface area is 157 Å². The van der Waals surface area contributed by atoms with E-state index in [9.17, 15) is 0 Å². The molecule has 0 bridgehead atoms. The first-order valence-electron chi connectivity index (χ1n) is 6.91. The zero-order valence-electron chi connectivity index (χ0n) is 13.3. The molecule has 7 heteroatoms. The predicted molar refractivity (Wildman–Crippen MR) is 108 cm³/mol. The van der Waals surface area contributed by atoms with Gasteiger partial charge in [-0.1, -0.05) is 19.9 Å². The van der Waals surface area contributed by atoms with Gasteiger partial charge in [0.15, 0.2) is 5.96 Å². The molecular weight excluding hydrogens is 427 g/mol. The van der Waals surface area contributed by atoms with E-state index >= 15 is 0 Å². The van der Waals surface area contributed by atoms with Crippen molar-refractivity contribution in [1.29, 1.82) is 0 Å². The summed E-state index contributed by atoms with van der Waals surface area (Å²) in [5.41, 5.74) is 0.0901. The van der Waals surface area contributed by atoms with Gasteiger partial charge in [-0.25, -0.2) is 4.98 Å². The quantitative estimate of drug-likeness (QED) is 0.414. The van der Waals surface area contributed by atoms with E-state index in [-0.39, 0.29) is 29.4 Å². The van der Waals surface area contributed by atoms with E-state index in [1.807, 2.05) is 13.1 Å². The molecule has 2 heterocycles. The zero-order chi connectivity index (χ0) is 15.3. The molecule has 0 aromatic carbocycles. The Morgan fingerprint density at radius 2 is 2.14 bits per heavy atom. The van der Waals surface area contributed by atoms with Gasteiger partial charge in [-0.3, -0.25) is 4.99 Å². The lowest BCUT2D eigenvalue weighted by Gasteiger charge is -2.25. The zero-order valence-corrected chi connectivity index (χ0v) is 17.3. The Kier molecular flexibility index (Phi) is 7.78. The van der Waals surface area contributed by atoms with E-state index in [1.165, 1.54) is 9.75 Å². The van der Waals surface area contributed by atoms with Gasteiger partial charge in [-0.15, -0.1) is 46.7 Å². The number of hydrogen-bond donors (Lipinski definition) is 2. The molecule has 2 N–H and O–H groups in total. The van der Waals surface area contributed by atoms with Gasteiger partial charge in [-0.05, 0) is 18.4 Å². The summed E-state index contributed by atoms with van der Waals surface area (Å²) >= 11 is 3.50. The van der Waals surface area contributed by atoms with Crippen molar-refractivity contribution in [3.63, 3.8) is 0 Å². The molecule has 0 fully saturated rings. The van der Waals surface area contributed by atoms with E-state index < -0.39 is 0 Å². The van der Waals surface area contributed by atoms with Gasteiger partial charge in [-0.2, -0.15) is 0 Å². The largest absolute Gasteiger partial charge is 0.356 e. The molecule has 122 valence electrons. The third-order valence-corrected chi connectivity index (χ3v) is 5.36. The molecule has 0 radical (unpaired) electrons. The number of halogens is 1. The van der Waals surface area contributed by atoms with Crippen molar-refractivity contribution in [3.8, 4) is 0 Å². The molecule has 0 saturated carbocycles. The summed E-state index contributed by atoms with van der Waals surface area (Å²) in [6, 6.07) is 4.28. The van der Waals surface area contributed by atoms with Crippen LogP contribution in [-0.2, 0) is 12.0 Å². The van der Waals surface area contributed by atoms with Crippen LogP contribution in [0.1, 0.15) is 28.6 Å². The molecule has 2 rings (SSSR count). The van der Waals surface area contributed by atoms with Crippen LogP contribution in [-0.4, -0.2) is 24.5 Å². The average Bonchev–Trinajstić information content (AvgIpc) is 3.10. The van der Waals surface area contributed by atoms with Crippen LogP contribution in [0.4, 0.5) is 0 Å². The lowest BCUT2D eigenvalue weighted by molar-refractivity contribution is 0.518. The van der Waals surface area contributed by atoms with Crippen molar-refractivity contribution < 1.29 is 0 Å². The maximum Gasteiger partial charge on any atom is 0.191 e. The third kappa shape index (κ3) is 5.51. The van der Waals surface area contributed by atoms with Crippen LogP contribution in [0.15, 0.2) is 28.7 Å². The molecule has 0 atom stereocenters. The van der Waals surface area contributed by atoms with Crippen LogP contribution < -0.4 is 10.6 Å². The molecule has 0 aliphatic rings. The molecule has 2 aromatic rings. The fourth-order valence-electron chi connectivity index (χ4n) is 1.93. The first-order chi connectivity index (χ1) is 10.0. The Bertz CT molecular complexity index is 590. The fraction of sp³-hybridized carbons (Fsp3) is 0.467. The van der Waals surface area contributed by atoms with Crippen molar-refractivity contribution in [3.05, 3.63) is 38.5 Å². The van der Waals surface area contributed by atoms with Crippen LogP contribution in [0.5, 0.6) is 0 Å². The van der Waals surface area contributed by atoms with Gasteiger partial charge in [0, 0.05) is 35.0 Å². The molecule has 0 spiro atoms. The van der Waals surface area contributed by atoms with Crippen LogP contribution >= 0.6 is 46.7 Å². The first-order valence-corrected chi connectivity index (χ1v) is 8.61. The van der Waals surface area contributed by atoms with Gasteiger partial charge in [0.1, 0.15) is 0 Å². The Morgan fingerprint density at radius 1 is 1.36 bits per heavy atom. The number of nitrogens with one attached hydrogen (secondary N) is 2. The molecule has 0 unspecified atom stereocenters. The molecule has 2 aromatic heterocycles. The summed E-state index contributed by atoms with van der Waals surface area (Å²) in [6.45, 7) is 8.10. The Morgan fingerprint density at radius 3 is 2.68 bits per heavy atom. The van der Waals surface area contributed by atoms with E-state index in [2.05, 4.69) is 52.0 Å². The van der Waals surface area contributed by atoms with Crippen molar-refractivity contribution in [2.75, 3.05) is 13.6 Å². The summed E-state index contributed by atoms with van der Waals surface area (Å²) < 4.78 is 0. The highest BCUT2D eigenvalue weighted by atomic mass is 127. The van der Waals surface area contributed by atoms with E-state index in [0.717, 1.165) is 24.1 Å². The number of nitrogens with zero attached hydrogens (tertiary/aromatic N) is 2. The highest BCUT2D eigenvalue weighted by molar-refractivity contribution is 14.0. The minimum Gasteiger partial charge on any atom is -0.356 e. The second-order valence-corrected chi connectivity index (χ2v) is 7.75. The molecular formula is C15H23IN4S2. The number of aromatic nitrogens is 1. The van der Waals surface area contributed by atoms with Crippen LogP contribution in [0, 0.1) is 6.92 Å². The van der Waals surface area contributed by atoms with Crippen molar-refractivity contribution in [2.45, 2.75) is 32.7 Å². The van der Waals surface area contributed by atoms with Crippen LogP contribution in [0.25, 0.3) is 0 Å². The summed E-state index contributed by atoms with van der Waals surface area (Å²) in [5, 5.41) is 9.95. The van der Waals surface area contributed by atoms with Gasteiger partial charge >= 0.3 is 0 Å². The highest BCUT2D eigenvalue weighted by Gasteiger charge is 2.21. The Hall–Kier alpha value is -0.670. The average molecular weight is 450 g/mol. The monoisotopic (exact) mass is 450 g/mol. The van der Waals surface area contributed by atoms with E-state index in [0.29, 0.717) is 0 Å². The topological polar surface area (TPSA) is 49.3 Å². The minimum absolute atomic E-state index is 0. The highest BCUT2D eigenvalue weighted by Crippen LogP contribution is 2.26. The lowest BCUT2D eigenvalue weighted by Crippen LogP contribution is -2.42. The van der Waals surface area contributed by atoms with Crippen molar-refractivity contribution in [2.24, 2.45) is 4.99 Å². The summed E-state index contributed by atoms with van der Waals surface area (Å²) in [6.07, 6.45) is 1.91. The number of thiophene rings is 1. The maximum absolute atomic E-state index is 4.28. The smallest absolute Gasteiger partial charge is 0.191 e. The normalized spacial score (nSPS) is 11.9. The fourth-order valence-corrected chi connectivity index (χ4v) is 3.52. The van der Waals surface area contributed by atoms with Gasteiger partial charge in [0.05, 0.1) is 11.6 Å². The lowest BCUT2D eigenvalue weighted by atomic mass is 9.91. The minimum atomic E-state index is 0. The second-order valence-electron chi connectivity index (χ2n) is 5.49. The van der Waals surface area contributed by atoms with Gasteiger partial charge in [0.25, 0.3) is 0 Å². The second kappa shape index (κ2) is 8.83. The van der Waals surface area contributed by atoms with Crippen molar-refractivity contribution >= 4 is 52.6 Å². The molecule has 0 aliphatic carbocycles. The molecule has 4 nitrogen and oxygen atoms in total.